The highest BCUT2D eigenvalue weighted by atomic mass is 32.2. The van der Waals surface area contributed by atoms with Gasteiger partial charge in [-0.05, 0) is 36.4 Å². The molecule has 0 aliphatic carbocycles. The van der Waals surface area contributed by atoms with Crippen LogP contribution in [0.2, 0.25) is 0 Å². The van der Waals surface area contributed by atoms with Gasteiger partial charge in [0.25, 0.3) is 5.91 Å². The molecule has 2 aromatic rings. The fourth-order valence-corrected chi connectivity index (χ4v) is 4.06. The monoisotopic (exact) mass is 375 g/mol. The molecule has 2 aromatic carbocycles. The van der Waals surface area contributed by atoms with Crippen LogP contribution in [0.5, 0.6) is 0 Å². The van der Waals surface area contributed by atoms with E-state index >= 15 is 0 Å². The van der Waals surface area contributed by atoms with Crippen molar-refractivity contribution >= 4 is 21.6 Å². The van der Waals surface area contributed by atoms with E-state index in [9.17, 15) is 13.2 Å². The Hall–Kier alpha value is -2.42. The number of nitrogens with one attached hydrogen (secondary N) is 1. The largest absolute Gasteiger partial charge is 0.379 e. The minimum atomic E-state index is -3.56. The first-order valence-electron chi connectivity index (χ1n) is 8.26. The van der Waals surface area contributed by atoms with Gasteiger partial charge >= 0.3 is 0 Å². The minimum absolute atomic E-state index is 0.173. The molecular weight excluding hydrogens is 354 g/mol. The number of hydrogen-bond acceptors (Lipinski definition) is 5. The van der Waals surface area contributed by atoms with E-state index in [1.54, 1.807) is 12.1 Å². The number of sulfonamides is 1. The average Bonchev–Trinajstić information content (AvgIpc) is 2.69. The summed E-state index contributed by atoms with van der Waals surface area (Å²) in [6.45, 7) is 1.47. The number of carbonyl (C=O) groups is 1. The summed E-state index contributed by atoms with van der Waals surface area (Å²) in [6.07, 6.45) is 0. The molecular formula is C18H21N3O4S. The number of hydrogen-bond donors (Lipinski definition) is 1. The number of carbonyl (C=O) groups excluding carboxylic acids is 1. The number of nitrogens with zero attached hydrogens (tertiary/aromatic N) is 2. The maximum absolute atomic E-state index is 12.6. The van der Waals surface area contributed by atoms with Crippen molar-refractivity contribution in [3.63, 3.8) is 0 Å². The molecule has 1 saturated heterocycles. The summed E-state index contributed by atoms with van der Waals surface area (Å²) >= 11 is 0. The number of amides is 1. The third-order valence-electron chi connectivity index (χ3n) is 4.14. The first kappa shape index (κ1) is 18.4. The lowest BCUT2D eigenvalue weighted by Crippen LogP contribution is -2.40. The molecule has 8 heteroatoms. The molecule has 1 amide bonds. The first-order valence-corrected chi connectivity index (χ1v) is 9.70. The summed E-state index contributed by atoms with van der Waals surface area (Å²) in [4.78, 5) is 12.5. The Bertz CT molecular complexity index is 848. The van der Waals surface area contributed by atoms with Crippen molar-refractivity contribution in [1.82, 2.24) is 9.73 Å². The molecule has 0 atom stereocenters. The molecule has 1 heterocycles. The maximum atomic E-state index is 12.6. The molecule has 1 aliphatic heterocycles. The van der Waals surface area contributed by atoms with Gasteiger partial charge in [0.05, 0.1) is 23.8 Å². The number of anilines is 1. The van der Waals surface area contributed by atoms with Crippen molar-refractivity contribution < 1.29 is 17.9 Å². The van der Waals surface area contributed by atoms with E-state index in [1.807, 2.05) is 30.3 Å². The SMILES string of the molecule is CN(NC(=O)c1ccc(S(=O)(=O)N2CCOCC2)cc1)c1ccccc1. The Morgan fingerprint density at radius 1 is 1.04 bits per heavy atom. The Balaban J connectivity index is 1.70. The topological polar surface area (TPSA) is 79.0 Å². The number of benzene rings is 2. The normalized spacial score (nSPS) is 15.4. The number of rotatable bonds is 5. The van der Waals surface area contributed by atoms with Crippen LogP contribution in [0.25, 0.3) is 0 Å². The second-order valence-electron chi connectivity index (χ2n) is 5.88. The average molecular weight is 375 g/mol. The summed E-state index contributed by atoms with van der Waals surface area (Å²) in [7, 11) is -1.82. The highest BCUT2D eigenvalue weighted by molar-refractivity contribution is 7.89. The van der Waals surface area contributed by atoms with Gasteiger partial charge in [-0.1, -0.05) is 18.2 Å². The number of para-hydroxylation sites is 1. The van der Waals surface area contributed by atoms with E-state index < -0.39 is 10.0 Å². The third-order valence-corrected chi connectivity index (χ3v) is 6.05. The van der Waals surface area contributed by atoms with Crippen LogP contribution in [0.1, 0.15) is 10.4 Å². The van der Waals surface area contributed by atoms with Gasteiger partial charge in [0.15, 0.2) is 0 Å². The summed E-state index contributed by atoms with van der Waals surface area (Å²) in [6, 6.07) is 15.4. The first-order chi connectivity index (χ1) is 12.5. The van der Waals surface area contributed by atoms with E-state index in [2.05, 4.69) is 5.43 Å². The van der Waals surface area contributed by atoms with Gasteiger partial charge in [0, 0.05) is 25.7 Å². The Kier molecular flexibility index (Phi) is 5.55. The molecule has 0 unspecified atom stereocenters. The summed E-state index contributed by atoms with van der Waals surface area (Å²) in [5.74, 6) is -0.313. The standard InChI is InChI=1S/C18H21N3O4S/c1-20(16-5-3-2-4-6-16)19-18(22)15-7-9-17(10-8-15)26(23,24)21-11-13-25-14-12-21/h2-10H,11-14H2,1H3,(H,19,22). The van der Waals surface area contributed by atoms with E-state index in [0.717, 1.165) is 5.69 Å². The van der Waals surface area contributed by atoms with Crippen LogP contribution in [0, 0.1) is 0 Å². The van der Waals surface area contributed by atoms with Crippen LogP contribution < -0.4 is 10.4 Å². The molecule has 1 fully saturated rings. The van der Waals surface area contributed by atoms with Crippen molar-refractivity contribution in [3.8, 4) is 0 Å². The lowest BCUT2D eigenvalue weighted by atomic mass is 10.2. The van der Waals surface area contributed by atoms with Crippen LogP contribution in [-0.2, 0) is 14.8 Å². The Morgan fingerprint density at radius 2 is 1.65 bits per heavy atom. The molecule has 26 heavy (non-hydrogen) atoms. The summed E-state index contributed by atoms with van der Waals surface area (Å²) in [5.41, 5.74) is 3.98. The molecule has 0 bridgehead atoms. The molecule has 0 radical (unpaired) electrons. The van der Waals surface area contributed by atoms with Gasteiger partial charge in [0.1, 0.15) is 0 Å². The zero-order valence-corrected chi connectivity index (χ0v) is 15.3. The van der Waals surface area contributed by atoms with E-state index in [-0.39, 0.29) is 10.8 Å². The second-order valence-corrected chi connectivity index (χ2v) is 7.81. The van der Waals surface area contributed by atoms with Gasteiger partial charge in [-0.2, -0.15) is 4.31 Å². The van der Waals surface area contributed by atoms with E-state index in [4.69, 9.17) is 4.74 Å². The summed E-state index contributed by atoms with van der Waals surface area (Å²) < 4.78 is 31.8. The van der Waals surface area contributed by atoms with Gasteiger partial charge in [-0.3, -0.25) is 15.2 Å². The molecule has 138 valence electrons. The predicted octanol–water partition coefficient (Wildman–Crippen LogP) is 1.49. The molecule has 1 N–H and O–H groups in total. The zero-order valence-electron chi connectivity index (χ0n) is 14.5. The Labute approximate surface area is 153 Å². The highest BCUT2D eigenvalue weighted by Gasteiger charge is 2.26. The molecule has 3 rings (SSSR count). The van der Waals surface area contributed by atoms with Crippen molar-refractivity contribution in [2.75, 3.05) is 38.4 Å². The van der Waals surface area contributed by atoms with Gasteiger partial charge < -0.3 is 4.74 Å². The van der Waals surface area contributed by atoms with Crippen LogP contribution in [0.4, 0.5) is 5.69 Å². The maximum Gasteiger partial charge on any atom is 0.269 e. The van der Waals surface area contributed by atoms with Gasteiger partial charge in [-0.25, -0.2) is 8.42 Å². The quantitative estimate of drug-likeness (QED) is 0.801. The fourth-order valence-electron chi connectivity index (χ4n) is 2.65. The van der Waals surface area contributed by atoms with E-state index in [0.29, 0.717) is 31.9 Å². The summed E-state index contributed by atoms with van der Waals surface area (Å²) in [5, 5.41) is 1.61. The van der Waals surface area contributed by atoms with Crippen molar-refractivity contribution in [2.45, 2.75) is 4.90 Å². The van der Waals surface area contributed by atoms with Crippen LogP contribution >= 0.6 is 0 Å². The number of hydrazine groups is 1. The van der Waals surface area contributed by atoms with Crippen LogP contribution in [0.15, 0.2) is 59.5 Å². The van der Waals surface area contributed by atoms with Crippen molar-refractivity contribution in [1.29, 1.82) is 0 Å². The van der Waals surface area contributed by atoms with Gasteiger partial charge in [-0.15, -0.1) is 0 Å². The zero-order chi connectivity index (χ0) is 18.6. The van der Waals surface area contributed by atoms with Crippen LogP contribution in [0.3, 0.4) is 0 Å². The number of ether oxygens (including phenoxy) is 1. The van der Waals surface area contributed by atoms with Gasteiger partial charge in [0.2, 0.25) is 10.0 Å². The van der Waals surface area contributed by atoms with E-state index in [1.165, 1.54) is 28.6 Å². The smallest absolute Gasteiger partial charge is 0.269 e. The minimum Gasteiger partial charge on any atom is -0.379 e. The molecule has 7 nitrogen and oxygen atoms in total. The Morgan fingerprint density at radius 3 is 2.27 bits per heavy atom. The van der Waals surface area contributed by atoms with Crippen molar-refractivity contribution in [2.24, 2.45) is 0 Å². The molecule has 0 saturated carbocycles. The number of morpholine rings is 1. The lowest BCUT2D eigenvalue weighted by molar-refractivity contribution is 0.0730. The molecule has 0 aromatic heterocycles. The molecule has 1 aliphatic rings. The second kappa shape index (κ2) is 7.86. The van der Waals surface area contributed by atoms with Crippen LogP contribution in [-0.4, -0.2) is 52.0 Å². The highest BCUT2D eigenvalue weighted by Crippen LogP contribution is 2.18. The molecule has 0 spiro atoms. The third kappa shape index (κ3) is 4.04. The predicted molar refractivity (Wildman–Crippen MR) is 98.3 cm³/mol. The lowest BCUT2D eigenvalue weighted by Gasteiger charge is -2.26. The fraction of sp³-hybridized carbons (Fsp3) is 0.278. The van der Waals surface area contributed by atoms with Crippen molar-refractivity contribution in [3.05, 3.63) is 60.2 Å².